The van der Waals surface area contributed by atoms with Gasteiger partial charge in [0, 0.05) is 29.3 Å². The van der Waals surface area contributed by atoms with E-state index in [1.165, 1.54) is 0 Å². The first-order chi connectivity index (χ1) is 9.24. The van der Waals surface area contributed by atoms with Crippen molar-refractivity contribution in [3.63, 3.8) is 0 Å². The van der Waals surface area contributed by atoms with Crippen LogP contribution >= 0.6 is 0 Å². The zero-order valence-electron chi connectivity index (χ0n) is 10.2. The van der Waals surface area contributed by atoms with Crippen LogP contribution in [0.1, 0.15) is 17.4 Å². The lowest BCUT2D eigenvalue weighted by Gasteiger charge is -2.08. The number of hydrogen-bond acceptors (Lipinski definition) is 4. The Labute approximate surface area is 109 Å². The number of carbonyl (C=O) groups is 1. The van der Waals surface area contributed by atoms with Crippen molar-refractivity contribution < 1.29 is 4.79 Å². The first kappa shape index (κ1) is 11.4. The Hall–Kier alpha value is -2.65. The van der Waals surface area contributed by atoms with Crippen molar-refractivity contribution in [3.8, 4) is 11.8 Å². The Balaban J connectivity index is 2.07. The Kier molecular flexibility index (Phi) is 2.54. The summed E-state index contributed by atoms with van der Waals surface area (Å²) in [7, 11) is 1.75. The van der Waals surface area contributed by atoms with E-state index >= 15 is 0 Å². The van der Waals surface area contributed by atoms with Gasteiger partial charge in [-0.15, -0.1) is 0 Å². The zero-order valence-corrected chi connectivity index (χ0v) is 10.2. The van der Waals surface area contributed by atoms with Crippen molar-refractivity contribution in [2.24, 2.45) is 0 Å². The fourth-order valence-electron chi connectivity index (χ4n) is 2.28. The highest BCUT2D eigenvalue weighted by Gasteiger charge is 2.29. The number of aromatic nitrogens is 2. The van der Waals surface area contributed by atoms with Crippen molar-refractivity contribution in [2.45, 2.75) is 6.04 Å². The Bertz CT molecular complexity index is 697. The highest BCUT2D eigenvalue weighted by molar-refractivity contribution is 6.02. The van der Waals surface area contributed by atoms with Crippen molar-refractivity contribution in [1.29, 1.82) is 5.26 Å². The number of fused-ring (bicyclic) bond motifs is 1. The molecular formula is C13H11N5O. The van der Waals surface area contributed by atoms with Gasteiger partial charge in [-0.25, -0.2) is 4.98 Å². The summed E-state index contributed by atoms with van der Waals surface area (Å²) in [6.07, 6.45) is 3.29. The largest absolute Gasteiger partial charge is 0.324 e. The SMILES string of the molecule is CNC1C(=O)Nc2cc(-n3ccnc3C#N)ccc21. The molecule has 1 aliphatic heterocycles. The predicted octanol–water partition coefficient (Wildman–Crippen LogP) is 0.957. The average molecular weight is 253 g/mol. The monoisotopic (exact) mass is 253 g/mol. The maximum Gasteiger partial charge on any atom is 0.246 e. The number of amides is 1. The third-order valence-corrected chi connectivity index (χ3v) is 3.18. The number of hydrogen-bond donors (Lipinski definition) is 2. The van der Waals surface area contributed by atoms with Crippen LogP contribution in [0.5, 0.6) is 0 Å². The van der Waals surface area contributed by atoms with E-state index in [2.05, 4.69) is 15.6 Å². The van der Waals surface area contributed by atoms with Crippen molar-refractivity contribution in [1.82, 2.24) is 14.9 Å². The smallest absolute Gasteiger partial charge is 0.246 e. The summed E-state index contributed by atoms with van der Waals surface area (Å²) < 4.78 is 1.68. The molecule has 0 saturated heterocycles. The molecule has 2 N–H and O–H groups in total. The van der Waals surface area contributed by atoms with Gasteiger partial charge in [0.1, 0.15) is 12.1 Å². The van der Waals surface area contributed by atoms with Gasteiger partial charge < -0.3 is 10.6 Å². The molecule has 1 aliphatic rings. The maximum absolute atomic E-state index is 11.7. The van der Waals surface area contributed by atoms with Gasteiger partial charge in [-0.3, -0.25) is 9.36 Å². The van der Waals surface area contributed by atoms with Crippen LogP contribution in [0.3, 0.4) is 0 Å². The summed E-state index contributed by atoms with van der Waals surface area (Å²) in [4.78, 5) is 15.7. The van der Waals surface area contributed by atoms with Crippen LogP contribution in [0.25, 0.3) is 5.69 Å². The van der Waals surface area contributed by atoms with E-state index in [9.17, 15) is 4.79 Å². The van der Waals surface area contributed by atoms with Crippen LogP contribution in [-0.2, 0) is 4.79 Å². The fourth-order valence-corrected chi connectivity index (χ4v) is 2.28. The number of carbonyl (C=O) groups excluding carboxylic acids is 1. The lowest BCUT2D eigenvalue weighted by Crippen LogP contribution is -2.23. The molecule has 1 aromatic carbocycles. The van der Waals surface area contributed by atoms with E-state index in [-0.39, 0.29) is 11.9 Å². The second-order valence-electron chi connectivity index (χ2n) is 4.22. The molecule has 19 heavy (non-hydrogen) atoms. The molecule has 2 heterocycles. The molecule has 2 aromatic rings. The third kappa shape index (κ3) is 1.68. The molecule has 1 amide bonds. The molecule has 1 aromatic heterocycles. The number of nitriles is 1. The van der Waals surface area contributed by atoms with Gasteiger partial charge in [0.25, 0.3) is 0 Å². The lowest BCUT2D eigenvalue weighted by atomic mass is 10.1. The molecule has 1 atom stereocenters. The minimum absolute atomic E-state index is 0.0687. The first-order valence-electron chi connectivity index (χ1n) is 5.80. The summed E-state index contributed by atoms with van der Waals surface area (Å²) in [5, 5.41) is 14.8. The molecule has 0 saturated carbocycles. The fraction of sp³-hybridized carbons (Fsp3) is 0.154. The number of anilines is 1. The Morgan fingerprint density at radius 1 is 1.53 bits per heavy atom. The standard InChI is InChI=1S/C13H11N5O/c1-15-12-9-3-2-8(6-10(9)17-13(12)19)18-5-4-16-11(18)7-14/h2-6,12,15H,1H3,(H,17,19). The molecule has 94 valence electrons. The number of imidazole rings is 1. The highest BCUT2D eigenvalue weighted by atomic mass is 16.2. The molecule has 0 aliphatic carbocycles. The van der Waals surface area contributed by atoms with Crippen molar-refractivity contribution in [2.75, 3.05) is 12.4 Å². The van der Waals surface area contributed by atoms with Crippen LogP contribution in [0.15, 0.2) is 30.6 Å². The molecular weight excluding hydrogens is 242 g/mol. The Morgan fingerprint density at radius 3 is 3.11 bits per heavy atom. The second-order valence-corrected chi connectivity index (χ2v) is 4.22. The van der Waals surface area contributed by atoms with Gasteiger partial charge in [0.05, 0.1) is 0 Å². The Morgan fingerprint density at radius 2 is 2.37 bits per heavy atom. The molecule has 0 fully saturated rings. The average Bonchev–Trinajstić information content (AvgIpc) is 3.00. The van der Waals surface area contributed by atoms with E-state index in [0.717, 1.165) is 16.9 Å². The highest BCUT2D eigenvalue weighted by Crippen LogP contribution is 2.32. The quantitative estimate of drug-likeness (QED) is 0.835. The summed E-state index contributed by atoms with van der Waals surface area (Å²) >= 11 is 0. The first-order valence-corrected chi connectivity index (χ1v) is 5.80. The normalized spacial score (nSPS) is 16.8. The van der Waals surface area contributed by atoms with Crippen LogP contribution in [-0.4, -0.2) is 22.5 Å². The molecule has 1 unspecified atom stereocenters. The van der Waals surface area contributed by atoms with Crippen molar-refractivity contribution >= 4 is 11.6 Å². The molecule has 0 spiro atoms. The minimum Gasteiger partial charge on any atom is -0.324 e. The van der Waals surface area contributed by atoms with E-state index in [1.807, 2.05) is 24.3 Å². The molecule has 6 nitrogen and oxygen atoms in total. The van der Waals surface area contributed by atoms with Gasteiger partial charge in [0.2, 0.25) is 11.7 Å². The number of nitrogens with one attached hydrogen (secondary N) is 2. The van der Waals surface area contributed by atoms with Crippen LogP contribution in [0.2, 0.25) is 0 Å². The van der Waals surface area contributed by atoms with Gasteiger partial charge >= 0.3 is 0 Å². The van der Waals surface area contributed by atoms with Crippen LogP contribution in [0.4, 0.5) is 5.69 Å². The number of rotatable bonds is 2. The lowest BCUT2D eigenvalue weighted by molar-refractivity contribution is -0.117. The van der Waals surface area contributed by atoms with Crippen LogP contribution < -0.4 is 10.6 Å². The maximum atomic E-state index is 11.7. The number of likely N-dealkylation sites (N-methyl/N-ethyl adjacent to an activating group) is 1. The molecule has 0 bridgehead atoms. The summed E-state index contributed by atoms with van der Waals surface area (Å²) in [6.45, 7) is 0. The van der Waals surface area contributed by atoms with Gasteiger partial charge in [-0.1, -0.05) is 6.07 Å². The van der Waals surface area contributed by atoms with E-state index in [4.69, 9.17) is 5.26 Å². The topological polar surface area (TPSA) is 82.7 Å². The van der Waals surface area contributed by atoms with Gasteiger partial charge in [0.15, 0.2) is 0 Å². The number of nitrogens with zero attached hydrogens (tertiary/aromatic N) is 3. The van der Waals surface area contributed by atoms with E-state index < -0.39 is 0 Å². The molecule has 0 radical (unpaired) electrons. The second kappa shape index (κ2) is 4.23. The summed E-state index contributed by atoms with van der Waals surface area (Å²) in [5.41, 5.74) is 2.47. The van der Waals surface area contributed by atoms with Crippen molar-refractivity contribution in [3.05, 3.63) is 42.0 Å². The van der Waals surface area contributed by atoms with E-state index in [1.54, 1.807) is 24.0 Å². The third-order valence-electron chi connectivity index (χ3n) is 3.18. The molecule has 6 heteroatoms. The zero-order chi connectivity index (χ0) is 13.4. The number of benzene rings is 1. The van der Waals surface area contributed by atoms with Crippen LogP contribution in [0, 0.1) is 11.3 Å². The van der Waals surface area contributed by atoms with Gasteiger partial charge in [-0.05, 0) is 19.2 Å². The predicted molar refractivity (Wildman–Crippen MR) is 68.7 cm³/mol. The van der Waals surface area contributed by atoms with E-state index in [0.29, 0.717) is 5.82 Å². The van der Waals surface area contributed by atoms with Gasteiger partial charge in [-0.2, -0.15) is 5.26 Å². The minimum atomic E-state index is -0.317. The molecule has 3 rings (SSSR count). The summed E-state index contributed by atoms with van der Waals surface area (Å²) in [6, 6.07) is 7.29. The summed E-state index contributed by atoms with van der Waals surface area (Å²) in [5.74, 6) is 0.246.